The van der Waals surface area contributed by atoms with Crippen LogP contribution in [0, 0.1) is 13.8 Å². The molecule has 0 aliphatic rings. The van der Waals surface area contributed by atoms with Crippen molar-refractivity contribution < 1.29 is 18.0 Å². The third-order valence-corrected chi connectivity index (χ3v) is 4.96. The molecule has 3 nitrogen and oxygen atoms in total. The number of nitrogens with zero attached hydrogens (tertiary/aromatic N) is 1. The minimum absolute atomic E-state index is 0.00957. The zero-order chi connectivity index (χ0) is 21.3. The van der Waals surface area contributed by atoms with Crippen LogP contribution in [0.1, 0.15) is 52.6 Å². The summed E-state index contributed by atoms with van der Waals surface area (Å²) in [6, 6.07) is 14.5. The second-order valence-electron chi connectivity index (χ2n) is 7.37. The van der Waals surface area contributed by atoms with Crippen LogP contribution in [-0.4, -0.2) is 10.5 Å². The van der Waals surface area contributed by atoms with E-state index in [-0.39, 0.29) is 11.6 Å². The van der Waals surface area contributed by atoms with Crippen molar-refractivity contribution in [3.63, 3.8) is 0 Å². The molecule has 0 saturated heterocycles. The summed E-state index contributed by atoms with van der Waals surface area (Å²) in [6.45, 7) is 7.51. The molecule has 0 saturated carbocycles. The molecule has 0 spiro atoms. The topological polar surface area (TPSA) is 34.0 Å². The molecular formula is C23H23F3N2O. The van der Waals surface area contributed by atoms with Crippen LogP contribution in [0.15, 0.2) is 54.6 Å². The third-order valence-electron chi connectivity index (χ3n) is 4.96. The van der Waals surface area contributed by atoms with Crippen LogP contribution < -0.4 is 5.32 Å². The van der Waals surface area contributed by atoms with E-state index in [0.29, 0.717) is 28.6 Å². The van der Waals surface area contributed by atoms with Crippen LogP contribution in [-0.2, 0) is 6.18 Å². The van der Waals surface area contributed by atoms with Gasteiger partial charge >= 0.3 is 6.18 Å². The Morgan fingerprint density at radius 3 is 2.21 bits per heavy atom. The third kappa shape index (κ3) is 4.21. The van der Waals surface area contributed by atoms with Crippen molar-refractivity contribution in [2.75, 3.05) is 5.32 Å². The summed E-state index contributed by atoms with van der Waals surface area (Å²) >= 11 is 0. The lowest BCUT2D eigenvalue weighted by molar-refractivity contribution is -0.137. The largest absolute Gasteiger partial charge is 0.418 e. The lowest BCUT2D eigenvalue weighted by Crippen LogP contribution is -2.15. The molecule has 0 atom stereocenters. The van der Waals surface area contributed by atoms with Gasteiger partial charge in [0, 0.05) is 17.1 Å². The number of anilines is 1. The Morgan fingerprint density at radius 2 is 1.62 bits per heavy atom. The van der Waals surface area contributed by atoms with Crippen molar-refractivity contribution in [1.82, 2.24) is 4.57 Å². The Labute approximate surface area is 168 Å². The molecule has 0 radical (unpaired) electrons. The highest BCUT2D eigenvalue weighted by Crippen LogP contribution is 2.35. The van der Waals surface area contributed by atoms with Crippen molar-refractivity contribution >= 4 is 11.6 Å². The second kappa shape index (κ2) is 7.78. The summed E-state index contributed by atoms with van der Waals surface area (Å²) in [4.78, 5) is 12.8. The first-order valence-corrected chi connectivity index (χ1v) is 9.36. The number of amides is 1. The van der Waals surface area contributed by atoms with Crippen LogP contribution in [0.4, 0.5) is 18.9 Å². The molecule has 3 rings (SSSR count). The molecule has 1 N–H and O–H groups in total. The number of carbonyl (C=O) groups is 1. The molecule has 0 fully saturated rings. The first-order valence-electron chi connectivity index (χ1n) is 9.36. The van der Waals surface area contributed by atoms with Gasteiger partial charge in [0.15, 0.2) is 0 Å². The van der Waals surface area contributed by atoms with Gasteiger partial charge in [0.2, 0.25) is 0 Å². The molecule has 1 amide bonds. The summed E-state index contributed by atoms with van der Waals surface area (Å²) in [7, 11) is 0. The van der Waals surface area contributed by atoms with Crippen LogP contribution in [0.25, 0.3) is 5.69 Å². The van der Waals surface area contributed by atoms with Gasteiger partial charge in [-0.25, -0.2) is 0 Å². The van der Waals surface area contributed by atoms with Gasteiger partial charge in [-0.2, -0.15) is 13.2 Å². The van der Waals surface area contributed by atoms with Crippen LogP contribution in [0.2, 0.25) is 0 Å². The number of halogens is 3. The highest BCUT2D eigenvalue weighted by atomic mass is 19.4. The van der Waals surface area contributed by atoms with E-state index in [2.05, 4.69) is 19.2 Å². The number of aryl methyl sites for hydroxylation is 1. The van der Waals surface area contributed by atoms with E-state index in [1.54, 1.807) is 26.0 Å². The molecule has 6 heteroatoms. The predicted molar refractivity (Wildman–Crippen MR) is 109 cm³/mol. The number of para-hydroxylation sites is 1. The predicted octanol–water partition coefficient (Wildman–Crippen LogP) is 6.49. The average molecular weight is 400 g/mol. The Hall–Kier alpha value is -3.02. The summed E-state index contributed by atoms with van der Waals surface area (Å²) in [5.74, 6) is 0.0264. The molecule has 29 heavy (non-hydrogen) atoms. The van der Waals surface area contributed by atoms with Crippen molar-refractivity contribution in [2.24, 2.45) is 0 Å². The fourth-order valence-electron chi connectivity index (χ4n) is 3.42. The molecule has 0 unspecified atom stereocenters. The maximum atomic E-state index is 13.4. The summed E-state index contributed by atoms with van der Waals surface area (Å²) in [6.07, 6.45) is -4.49. The number of rotatable bonds is 4. The van der Waals surface area contributed by atoms with Gasteiger partial charge in [-0.15, -0.1) is 0 Å². The van der Waals surface area contributed by atoms with Gasteiger partial charge < -0.3 is 9.88 Å². The van der Waals surface area contributed by atoms with E-state index in [4.69, 9.17) is 0 Å². The number of benzene rings is 2. The Kier molecular flexibility index (Phi) is 5.55. The summed E-state index contributed by atoms with van der Waals surface area (Å²) < 4.78 is 41.8. The molecule has 0 aliphatic heterocycles. The second-order valence-corrected chi connectivity index (χ2v) is 7.37. The SMILES string of the molecule is Cc1cc(C(=O)Nc2ccc(C(C)C)cc2)c(C)n1-c1ccccc1C(F)(F)F. The van der Waals surface area contributed by atoms with Crippen molar-refractivity contribution in [3.8, 4) is 5.69 Å². The van der Waals surface area contributed by atoms with E-state index in [1.807, 2.05) is 24.3 Å². The zero-order valence-electron chi connectivity index (χ0n) is 16.8. The van der Waals surface area contributed by atoms with E-state index in [9.17, 15) is 18.0 Å². The normalized spacial score (nSPS) is 11.7. The number of nitrogens with one attached hydrogen (secondary N) is 1. The van der Waals surface area contributed by atoms with E-state index in [0.717, 1.165) is 11.6 Å². The molecule has 3 aromatic rings. The van der Waals surface area contributed by atoms with Gasteiger partial charge in [-0.3, -0.25) is 4.79 Å². The fourth-order valence-corrected chi connectivity index (χ4v) is 3.42. The molecule has 0 bridgehead atoms. The highest BCUT2D eigenvalue weighted by Gasteiger charge is 2.34. The van der Waals surface area contributed by atoms with Gasteiger partial charge in [-0.05, 0) is 55.7 Å². The minimum Gasteiger partial charge on any atom is -0.322 e. The zero-order valence-corrected chi connectivity index (χ0v) is 16.8. The minimum atomic E-state index is -4.49. The number of hydrogen-bond donors (Lipinski definition) is 1. The standard InChI is InChI=1S/C23H23F3N2O/c1-14(2)17-9-11-18(12-10-17)27-22(29)19-13-15(3)28(16(19)4)21-8-6-5-7-20(21)23(24,25)26/h5-14H,1-4H3,(H,27,29). The van der Waals surface area contributed by atoms with Gasteiger partial charge in [-0.1, -0.05) is 38.1 Å². The Morgan fingerprint density at radius 1 is 1.00 bits per heavy atom. The van der Waals surface area contributed by atoms with E-state index < -0.39 is 11.7 Å². The van der Waals surface area contributed by atoms with Crippen LogP contribution in [0.5, 0.6) is 0 Å². The van der Waals surface area contributed by atoms with Crippen LogP contribution >= 0.6 is 0 Å². The van der Waals surface area contributed by atoms with Gasteiger partial charge in [0.05, 0.1) is 16.8 Å². The molecule has 1 heterocycles. The number of hydrogen-bond acceptors (Lipinski definition) is 1. The van der Waals surface area contributed by atoms with Crippen LogP contribution in [0.3, 0.4) is 0 Å². The monoisotopic (exact) mass is 400 g/mol. The van der Waals surface area contributed by atoms with Crippen molar-refractivity contribution in [2.45, 2.75) is 39.8 Å². The maximum Gasteiger partial charge on any atom is 0.418 e. The van der Waals surface area contributed by atoms with E-state index in [1.165, 1.54) is 16.7 Å². The summed E-state index contributed by atoms with van der Waals surface area (Å²) in [5, 5.41) is 2.83. The number of carbonyl (C=O) groups excluding carboxylic acids is 1. The molecule has 152 valence electrons. The smallest absolute Gasteiger partial charge is 0.322 e. The van der Waals surface area contributed by atoms with Gasteiger partial charge in [0.25, 0.3) is 5.91 Å². The Balaban J connectivity index is 1.95. The quantitative estimate of drug-likeness (QED) is 0.534. The molecule has 2 aromatic carbocycles. The lowest BCUT2D eigenvalue weighted by Gasteiger charge is -2.17. The number of aromatic nitrogens is 1. The molecule has 1 aromatic heterocycles. The molecule has 0 aliphatic carbocycles. The first-order chi connectivity index (χ1) is 13.6. The van der Waals surface area contributed by atoms with Crippen molar-refractivity contribution in [1.29, 1.82) is 0 Å². The summed E-state index contributed by atoms with van der Waals surface area (Å²) in [5.41, 5.74) is 2.42. The first kappa shape index (κ1) is 20.7. The lowest BCUT2D eigenvalue weighted by atomic mass is 10.0. The molecular weight excluding hydrogens is 377 g/mol. The Bertz CT molecular complexity index is 1030. The van der Waals surface area contributed by atoms with E-state index >= 15 is 0 Å². The van der Waals surface area contributed by atoms with Gasteiger partial charge in [0.1, 0.15) is 0 Å². The number of alkyl halides is 3. The highest BCUT2D eigenvalue weighted by molar-refractivity contribution is 6.05. The fraction of sp³-hybridized carbons (Fsp3) is 0.261. The van der Waals surface area contributed by atoms with Crippen molar-refractivity contribution in [3.05, 3.63) is 82.7 Å². The average Bonchev–Trinajstić information content (AvgIpc) is 2.95. The maximum absolute atomic E-state index is 13.4.